The molecular formula is C13H23N3O6S2. The van der Waals surface area contributed by atoms with E-state index in [2.05, 4.69) is 23.3 Å². The van der Waals surface area contributed by atoms with Crippen molar-refractivity contribution in [1.29, 1.82) is 0 Å². The Morgan fingerprint density at radius 3 is 2.12 bits per heavy atom. The first kappa shape index (κ1) is 22.5. The van der Waals surface area contributed by atoms with Gasteiger partial charge in [-0.25, -0.2) is 4.79 Å². The SMILES string of the molecule is CSCC[C@H](NC(=O)[C@H](CCC(=O)O)NC(=O)[C@@H](N)CS)C(=O)O. The molecule has 0 spiro atoms. The summed E-state index contributed by atoms with van der Waals surface area (Å²) in [6.45, 7) is 0. The first-order valence-corrected chi connectivity index (χ1v) is 9.16. The number of aliphatic carboxylic acids is 2. The van der Waals surface area contributed by atoms with E-state index in [-0.39, 0.29) is 25.0 Å². The van der Waals surface area contributed by atoms with Gasteiger partial charge in [0.1, 0.15) is 12.1 Å². The van der Waals surface area contributed by atoms with Gasteiger partial charge in [0.25, 0.3) is 0 Å². The van der Waals surface area contributed by atoms with Crippen LogP contribution in [0.25, 0.3) is 0 Å². The van der Waals surface area contributed by atoms with Gasteiger partial charge in [-0.1, -0.05) is 0 Å². The molecule has 0 saturated carbocycles. The first-order chi connectivity index (χ1) is 11.2. The number of amides is 2. The molecule has 0 heterocycles. The fourth-order valence-electron chi connectivity index (χ4n) is 1.66. The maximum absolute atomic E-state index is 12.2. The van der Waals surface area contributed by atoms with Crippen LogP contribution in [0.5, 0.6) is 0 Å². The van der Waals surface area contributed by atoms with Crippen LogP contribution < -0.4 is 16.4 Å². The molecule has 11 heteroatoms. The molecule has 0 aromatic carbocycles. The highest BCUT2D eigenvalue weighted by Gasteiger charge is 2.27. The molecule has 0 aromatic rings. The summed E-state index contributed by atoms with van der Waals surface area (Å²) in [5.41, 5.74) is 5.50. The van der Waals surface area contributed by atoms with Crippen molar-refractivity contribution in [1.82, 2.24) is 10.6 Å². The zero-order chi connectivity index (χ0) is 18.7. The summed E-state index contributed by atoms with van der Waals surface area (Å²) >= 11 is 5.30. The van der Waals surface area contributed by atoms with Crippen LogP contribution in [0.3, 0.4) is 0 Å². The van der Waals surface area contributed by atoms with Crippen molar-refractivity contribution >= 4 is 48.1 Å². The number of carbonyl (C=O) groups excluding carboxylic acids is 2. The summed E-state index contributed by atoms with van der Waals surface area (Å²) < 4.78 is 0. The number of hydrogen-bond donors (Lipinski definition) is 6. The zero-order valence-electron chi connectivity index (χ0n) is 13.2. The monoisotopic (exact) mass is 381 g/mol. The largest absolute Gasteiger partial charge is 0.481 e. The number of thiol groups is 1. The predicted octanol–water partition coefficient (Wildman–Crippen LogP) is -1.08. The Kier molecular flexibility index (Phi) is 11.3. The van der Waals surface area contributed by atoms with Gasteiger partial charge in [-0.3, -0.25) is 14.4 Å². The molecule has 0 aliphatic rings. The Morgan fingerprint density at radius 2 is 1.67 bits per heavy atom. The van der Waals surface area contributed by atoms with Gasteiger partial charge in [0.2, 0.25) is 11.8 Å². The normalized spacial score (nSPS) is 14.3. The fourth-order valence-corrected chi connectivity index (χ4v) is 2.30. The van der Waals surface area contributed by atoms with Crippen LogP contribution in [0, 0.1) is 0 Å². The van der Waals surface area contributed by atoms with E-state index in [1.54, 1.807) is 6.26 Å². The minimum atomic E-state index is -1.20. The van der Waals surface area contributed by atoms with Crippen LogP contribution >= 0.6 is 24.4 Å². The molecule has 6 N–H and O–H groups in total. The van der Waals surface area contributed by atoms with E-state index >= 15 is 0 Å². The second-order valence-corrected chi connectivity index (χ2v) is 6.31. The summed E-state index contributed by atoms with van der Waals surface area (Å²) in [5.74, 6) is -3.19. The zero-order valence-corrected chi connectivity index (χ0v) is 14.9. The second kappa shape index (κ2) is 12.0. The highest BCUT2D eigenvalue weighted by Crippen LogP contribution is 2.04. The van der Waals surface area contributed by atoms with Crippen molar-refractivity contribution in [3.05, 3.63) is 0 Å². The topological polar surface area (TPSA) is 159 Å². The third-order valence-electron chi connectivity index (χ3n) is 3.04. The number of carboxylic acids is 2. The van der Waals surface area contributed by atoms with E-state index in [1.807, 2.05) is 0 Å². The van der Waals surface area contributed by atoms with Crippen molar-refractivity contribution in [3.63, 3.8) is 0 Å². The second-order valence-electron chi connectivity index (χ2n) is 4.96. The maximum Gasteiger partial charge on any atom is 0.326 e. The minimum absolute atomic E-state index is 0.0462. The molecule has 24 heavy (non-hydrogen) atoms. The molecule has 0 fully saturated rings. The van der Waals surface area contributed by atoms with Crippen molar-refractivity contribution in [3.8, 4) is 0 Å². The number of hydrogen-bond acceptors (Lipinski definition) is 7. The molecule has 0 unspecified atom stereocenters. The fraction of sp³-hybridized carbons (Fsp3) is 0.692. The Morgan fingerprint density at radius 1 is 1.08 bits per heavy atom. The predicted molar refractivity (Wildman–Crippen MR) is 93.2 cm³/mol. The lowest BCUT2D eigenvalue weighted by molar-refractivity contribution is -0.143. The number of nitrogens with two attached hydrogens (primary N) is 1. The smallest absolute Gasteiger partial charge is 0.326 e. The number of carboxylic acid groups (broad SMARTS) is 2. The van der Waals surface area contributed by atoms with Crippen molar-refractivity contribution in [2.45, 2.75) is 37.4 Å². The van der Waals surface area contributed by atoms with Crippen molar-refractivity contribution in [2.75, 3.05) is 17.8 Å². The lowest BCUT2D eigenvalue weighted by atomic mass is 10.1. The van der Waals surface area contributed by atoms with Gasteiger partial charge < -0.3 is 26.6 Å². The lowest BCUT2D eigenvalue weighted by Gasteiger charge is -2.22. The summed E-state index contributed by atoms with van der Waals surface area (Å²) in [5, 5.41) is 22.5. The van der Waals surface area contributed by atoms with E-state index < -0.39 is 41.9 Å². The van der Waals surface area contributed by atoms with Crippen LogP contribution in [0.1, 0.15) is 19.3 Å². The number of nitrogens with one attached hydrogen (secondary N) is 2. The highest BCUT2D eigenvalue weighted by molar-refractivity contribution is 7.98. The molecule has 0 saturated heterocycles. The number of rotatable bonds is 12. The molecule has 0 aliphatic carbocycles. The van der Waals surface area contributed by atoms with Crippen LogP contribution in [0.15, 0.2) is 0 Å². The van der Waals surface area contributed by atoms with E-state index in [1.165, 1.54) is 11.8 Å². The molecule has 0 rings (SSSR count). The van der Waals surface area contributed by atoms with Crippen LogP contribution in [0.2, 0.25) is 0 Å². The summed E-state index contributed by atoms with van der Waals surface area (Å²) in [4.78, 5) is 45.9. The standard InChI is InChI=1S/C13H23N3O6S2/c1-24-5-4-9(13(21)22)16-12(20)8(2-3-10(17)18)15-11(19)7(14)6-23/h7-9,23H,2-6,14H2,1H3,(H,15,19)(H,16,20)(H,17,18)(H,21,22)/t7-,8-,9-/m0/s1. The Balaban J connectivity index is 4.95. The number of carbonyl (C=O) groups is 4. The van der Waals surface area contributed by atoms with E-state index in [4.69, 9.17) is 15.9 Å². The Hall–Kier alpha value is -1.46. The quantitative estimate of drug-likeness (QED) is 0.233. The average molecular weight is 381 g/mol. The highest BCUT2D eigenvalue weighted by atomic mass is 32.2. The summed E-state index contributed by atoms with van der Waals surface area (Å²) in [7, 11) is 0. The maximum atomic E-state index is 12.2. The van der Waals surface area contributed by atoms with Crippen molar-refractivity contribution in [2.24, 2.45) is 5.73 Å². The first-order valence-electron chi connectivity index (χ1n) is 7.13. The van der Waals surface area contributed by atoms with Gasteiger partial charge in [0.15, 0.2) is 0 Å². The molecule has 2 amide bonds. The number of thioether (sulfide) groups is 1. The van der Waals surface area contributed by atoms with Crippen LogP contribution in [-0.2, 0) is 19.2 Å². The molecule has 9 nitrogen and oxygen atoms in total. The van der Waals surface area contributed by atoms with Gasteiger partial charge in [-0.2, -0.15) is 24.4 Å². The Bertz CT molecular complexity index is 463. The molecule has 0 aliphatic heterocycles. The van der Waals surface area contributed by atoms with Crippen LogP contribution in [-0.4, -0.2) is 69.9 Å². The molecule has 0 aromatic heterocycles. The van der Waals surface area contributed by atoms with E-state index in [0.717, 1.165) is 0 Å². The summed E-state index contributed by atoms with van der Waals surface area (Å²) in [6, 6.07) is -3.26. The molecule has 0 radical (unpaired) electrons. The van der Waals surface area contributed by atoms with Crippen LogP contribution in [0.4, 0.5) is 0 Å². The molecule has 138 valence electrons. The van der Waals surface area contributed by atoms with Gasteiger partial charge in [0, 0.05) is 12.2 Å². The minimum Gasteiger partial charge on any atom is -0.481 e. The summed E-state index contributed by atoms with van der Waals surface area (Å²) in [6.07, 6.45) is 1.46. The van der Waals surface area contributed by atoms with E-state index in [0.29, 0.717) is 5.75 Å². The average Bonchev–Trinajstić information content (AvgIpc) is 2.53. The van der Waals surface area contributed by atoms with E-state index in [9.17, 15) is 19.2 Å². The molecular weight excluding hydrogens is 358 g/mol. The molecule has 0 bridgehead atoms. The van der Waals surface area contributed by atoms with Crippen molar-refractivity contribution < 1.29 is 29.4 Å². The third-order valence-corrected chi connectivity index (χ3v) is 4.08. The van der Waals surface area contributed by atoms with Gasteiger partial charge in [-0.15, -0.1) is 0 Å². The lowest BCUT2D eigenvalue weighted by Crippen LogP contribution is -2.55. The molecule has 3 atom stereocenters. The van der Waals surface area contributed by atoms with Gasteiger partial charge in [-0.05, 0) is 24.9 Å². The van der Waals surface area contributed by atoms with Gasteiger partial charge in [0.05, 0.1) is 6.04 Å². The third kappa shape index (κ3) is 8.99. The van der Waals surface area contributed by atoms with Gasteiger partial charge >= 0.3 is 11.9 Å². The Labute approximate surface area is 149 Å².